The summed E-state index contributed by atoms with van der Waals surface area (Å²) < 4.78 is 10.1. The summed E-state index contributed by atoms with van der Waals surface area (Å²) in [6.07, 6.45) is -0.293. The van der Waals surface area contributed by atoms with Crippen LogP contribution >= 0.6 is 0 Å². The van der Waals surface area contributed by atoms with Crippen molar-refractivity contribution in [1.29, 1.82) is 0 Å². The molecule has 0 bridgehead atoms. The molecule has 0 aliphatic carbocycles. The molecule has 1 atom stereocenters. The highest BCUT2D eigenvalue weighted by atomic mass is 16.5. The number of carbonyl (C=O) groups is 2. The summed E-state index contributed by atoms with van der Waals surface area (Å²) in [5, 5.41) is 0. The van der Waals surface area contributed by atoms with Gasteiger partial charge >= 0.3 is 11.9 Å². The van der Waals surface area contributed by atoms with Crippen molar-refractivity contribution in [2.24, 2.45) is 0 Å². The molecule has 0 amide bonds. The maximum absolute atomic E-state index is 11.5. The fourth-order valence-electron chi connectivity index (χ4n) is 1.64. The third-order valence-electron chi connectivity index (χ3n) is 2.48. The molecule has 1 rings (SSSR count). The van der Waals surface area contributed by atoms with Gasteiger partial charge in [-0.2, -0.15) is 0 Å². The van der Waals surface area contributed by atoms with Gasteiger partial charge in [0.25, 0.3) is 0 Å². The average molecular weight is 262 g/mol. The molecule has 0 N–H and O–H groups in total. The van der Waals surface area contributed by atoms with Crippen molar-refractivity contribution >= 4 is 11.9 Å². The zero-order chi connectivity index (χ0) is 14.3. The minimum atomic E-state index is -0.518. The Bertz CT molecular complexity index is 450. The molecule has 0 fully saturated rings. The molecule has 0 heterocycles. The van der Waals surface area contributed by atoms with Gasteiger partial charge in [-0.05, 0) is 12.5 Å². The monoisotopic (exact) mass is 262 g/mol. The molecule has 0 aliphatic heterocycles. The molecule has 19 heavy (non-hydrogen) atoms. The number of rotatable bonds is 6. The number of hydrogen-bond donors (Lipinski definition) is 0. The number of ether oxygens (including phenoxy) is 2. The number of esters is 2. The lowest BCUT2D eigenvalue weighted by Crippen LogP contribution is -2.14. The van der Waals surface area contributed by atoms with Crippen molar-refractivity contribution in [3.05, 3.63) is 48.0 Å². The Morgan fingerprint density at radius 1 is 1.26 bits per heavy atom. The summed E-state index contributed by atoms with van der Waals surface area (Å²) in [6, 6.07) is 9.24. The highest BCUT2D eigenvalue weighted by molar-refractivity contribution is 5.87. The summed E-state index contributed by atoms with van der Waals surface area (Å²) in [5.41, 5.74) is 1.11. The molecular formula is C15H18O4. The minimum absolute atomic E-state index is 0.225. The van der Waals surface area contributed by atoms with Gasteiger partial charge < -0.3 is 9.47 Å². The van der Waals surface area contributed by atoms with E-state index in [-0.39, 0.29) is 12.0 Å². The first-order valence-corrected chi connectivity index (χ1v) is 6.11. The second kappa shape index (κ2) is 7.36. The van der Waals surface area contributed by atoms with Gasteiger partial charge in [0, 0.05) is 18.9 Å². The minimum Gasteiger partial charge on any atom is -0.463 e. The molecule has 4 heteroatoms. The zero-order valence-corrected chi connectivity index (χ0v) is 11.2. The van der Waals surface area contributed by atoms with Crippen LogP contribution in [-0.2, 0) is 19.1 Å². The highest BCUT2D eigenvalue weighted by Gasteiger charge is 2.19. The van der Waals surface area contributed by atoms with Crippen LogP contribution in [0.3, 0.4) is 0 Å². The third kappa shape index (κ3) is 4.95. The van der Waals surface area contributed by atoms with Crippen molar-refractivity contribution in [3.63, 3.8) is 0 Å². The molecule has 0 unspecified atom stereocenters. The van der Waals surface area contributed by atoms with Crippen molar-refractivity contribution in [2.75, 3.05) is 6.61 Å². The van der Waals surface area contributed by atoms with E-state index in [0.29, 0.717) is 6.61 Å². The second-order valence-electron chi connectivity index (χ2n) is 4.04. The van der Waals surface area contributed by atoms with Gasteiger partial charge in [-0.1, -0.05) is 36.9 Å². The Balaban J connectivity index is 2.79. The first-order chi connectivity index (χ1) is 9.04. The van der Waals surface area contributed by atoms with Crippen LogP contribution in [0.5, 0.6) is 0 Å². The molecular weight excluding hydrogens is 244 g/mol. The lowest BCUT2D eigenvalue weighted by Gasteiger charge is -2.18. The second-order valence-corrected chi connectivity index (χ2v) is 4.04. The van der Waals surface area contributed by atoms with E-state index in [0.717, 1.165) is 5.56 Å². The van der Waals surface area contributed by atoms with Crippen LogP contribution in [0.15, 0.2) is 42.5 Å². The highest BCUT2D eigenvalue weighted by Crippen LogP contribution is 2.25. The largest absolute Gasteiger partial charge is 0.463 e. The number of benzene rings is 1. The van der Waals surface area contributed by atoms with Crippen molar-refractivity contribution < 1.29 is 19.1 Å². The fraction of sp³-hybridized carbons (Fsp3) is 0.333. The van der Waals surface area contributed by atoms with Crippen molar-refractivity contribution in [2.45, 2.75) is 26.4 Å². The molecule has 0 saturated carbocycles. The predicted octanol–water partition coefficient (Wildman–Crippen LogP) is 2.80. The summed E-state index contributed by atoms with van der Waals surface area (Å²) >= 11 is 0. The van der Waals surface area contributed by atoms with E-state index in [1.807, 2.05) is 30.3 Å². The lowest BCUT2D eigenvalue weighted by atomic mass is 10.0. The summed E-state index contributed by atoms with van der Waals surface area (Å²) in [5.74, 6) is -0.860. The van der Waals surface area contributed by atoms with E-state index in [1.165, 1.54) is 6.92 Å². The van der Waals surface area contributed by atoms with E-state index in [1.54, 1.807) is 6.92 Å². The molecule has 0 saturated heterocycles. The van der Waals surface area contributed by atoms with Crippen LogP contribution in [0.2, 0.25) is 0 Å². The first kappa shape index (κ1) is 15.0. The standard InChI is InChI=1S/C15H18O4/c1-4-18-15(17)11(2)10-14(19-12(3)16)13-8-6-5-7-9-13/h5-9,14H,2,4,10H2,1,3H3/t14-/m1/s1. The molecule has 0 radical (unpaired) electrons. The van der Waals surface area contributed by atoms with Gasteiger partial charge in [-0.15, -0.1) is 0 Å². The van der Waals surface area contributed by atoms with Gasteiger partial charge in [0.15, 0.2) is 0 Å². The van der Waals surface area contributed by atoms with Gasteiger partial charge in [-0.25, -0.2) is 4.79 Å². The smallest absolute Gasteiger partial charge is 0.333 e. The summed E-state index contributed by atoms with van der Waals surface area (Å²) in [6.45, 7) is 7.04. The Kier molecular flexibility index (Phi) is 5.79. The van der Waals surface area contributed by atoms with E-state index in [4.69, 9.17) is 9.47 Å². The van der Waals surface area contributed by atoms with Crippen LogP contribution in [0.1, 0.15) is 31.9 Å². The molecule has 0 aromatic heterocycles. The zero-order valence-electron chi connectivity index (χ0n) is 11.2. The maximum Gasteiger partial charge on any atom is 0.333 e. The number of hydrogen-bond acceptors (Lipinski definition) is 4. The molecule has 1 aromatic carbocycles. The Labute approximate surface area is 113 Å². The lowest BCUT2D eigenvalue weighted by molar-refractivity contribution is -0.148. The molecule has 1 aromatic rings. The summed E-state index contributed by atoms with van der Waals surface area (Å²) in [7, 11) is 0. The third-order valence-corrected chi connectivity index (χ3v) is 2.48. The van der Waals surface area contributed by atoms with Gasteiger partial charge in [-0.3, -0.25) is 4.79 Å². The van der Waals surface area contributed by atoms with Crippen LogP contribution in [-0.4, -0.2) is 18.5 Å². The predicted molar refractivity (Wildman–Crippen MR) is 71.3 cm³/mol. The van der Waals surface area contributed by atoms with E-state index in [2.05, 4.69) is 6.58 Å². The quantitative estimate of drug-likeness (QED) is 0.584. The average Bonchev–Trinajstić information content (AvgIpc) is 2.38. The molecule has 102 valence electrons. The fourth-order valence-corrected chi connectivity index (χ4v) is 1.64. The Morgan fingerprint density at radius 2 is 1.89 bits per heavy atom. The SMILES string of the molecule is C=C(C[C@@H](OC(C)=O)c1ccccc1)C(=O)OCC. The van der Waals surface area contributed by atoms with E-state index >= 15 is 0 Å². The molecule has 0 spiro atoms. The molecule has 0 aliphatic rings. The van der Waals surface area contributed by atoms with Crippen molar-refractivity contribution in [1.82, 2.24) is 0 Å². The Hall–Kier alpha value is -2.10. The summed E-state index contributed by atoms with van der Waals surface area (Å²) in [4.78, 5) is 22.7. The maximum atomic E-state index is 11.5. The number of carbonyl (C=O) groups excluding carboxylic acids is 2. The first-order valence-electron chi connectivity index (χ1n) is 6.11. The topological polar surface area (TPSA) is 52.6 Å². The Morgan fingerprint density at radius 3 is 2.42 bits per heavy atom. The van der Waals surface area contributed by atoms with E-state index < -0.39 is 18.0 Å². The molecule has 4 nitrogen and oxygen atoms in total. The van der Waals surface area contributed by atoms with E-state index in [9.17, 15) is 9.59 Å². The van der Waals surface area contributed by atoms with Gasteiger partial charge in [0.05, 0.1) is 6.61 Å². The van der Waals surface area contributed by atoms with Crippen LogP contribution in [0, 0.1) is 0 Å². The van der Waals surface area contributed by atoms with Crippen LogP contribution in [0.25, 0.3) is 0 Å². The van der Waals surface area contributed by atoms with Gasteiger partial charge in [0.2, 0.25) is 0 Å². The van der Waals surface area contributed by atoms with Gasteiger partial charge in [0.1, 0.15) is 6.10 Å². The van der Waals surface area contributed by atoms with Crippen LogP contribution < -0.4 is 0 Å². The normalized spacial score (nSPS) is 11.5. The van der Waals surface area contributed by atoms with Crippen molar-refractivity contribution in [3.8, 4) is 0 Å². The van der Waals surface area contributed by atoms with Crippen LogP contribution in [0.4, 0.5) is 0 Å².